The van der Waals surface area contributed by atoms with Gasteiger partial charge in [-0.1, -0.05) is 231 Å². The number of fused-ring (bicyclic) bond motifs is 6. The van der Waals surface area contributed by atoms with Gasteiger partial charge < -0.3 is 0 Å². The van der Waals surface area contributed by atoms with E-state index >= 15 is 0 Å². The normalized spacial score (nSPS) is 11.5. The van der Waals surface area contributed by atoms with Crippen molar-refractivity contribution < 1.29 is 0 Å². The van der Waals surface area contributed by atoms with E-state index in [2.05, 4.69) is 223 Å². The lowest BCUT2D eigenvalue weighted by Gasteiger charge is -2.14. The zero-order chi connectivity index (χ0) is 49.1. The molecule has 0 bridgehead atoms. The molecule has 13 aromatic rings. The summed E-state index contributed by atoms with van der Waals surface area (Å²) in [5.74, 6) is 1.80. The molecule has 0 fully saturated rings. The molecule has 0 amide bonds. The lowest BCUT2D eigenvalue weighted by Crippen LogP contribution is -2.00. The Morgan fingerprint density at radius 2 is 0.689 bits per heavy atom. The van der Waals surface area contributed by atoms with Crippen molar-refractivity contribution in [3.8, 4) is 112 Å². The molecule has 0 spiro atoms. The molecular formula is C70H42N4. The molecule has 1 aliphatic rings. The first-order chi connectivity index (χ1) is 36.6. The fourth-order valence-corrected chi connectivity index (χ4v) is 11.1. The first-order valence-corrected chi connectivity index (χ1v) is 24.9. The maximum atomic E-state index is 8.22. The van der Waals surface area contributed by atoms with Gasteiger partial charge in [-0.15, -0.1) is 0 Å². The smallest absolute Gasteiger partial charge is 0.194 e. The summed E-state index contributed by atoms with van der Waals surface area (Å²) in [5.41, 5.74) is 19.2. The Bertz CT molecular complexity index is 4400. The van der Waals surface area contributed by atoms with E-state index in [9.17, 15) is 0 Å². The van der Waals surface area contributed by atoms with Gasteiger partial charge in [-0.3, -0.25) is 0 Å². The number of hydrogen-bond donors (Lipinski definition) is 0. The topological polar surface area (TPSA) is 43.0 Å². The molecule has 0 atom stereocenters. The highest BCUT2D eigenvalue weighted by Crippen LogP contribution is 2.49. The zero-order valence-electron chi connectivity index (χ0n) is 40.0. The van der Waals surface area contributed by atoms with Gasteiger partial charge in [-0.25, -0.2) is 19.8 Å². The lowest BCUT2D eigenvalue weighted by molar-refractivity contribution is 1.07. The Morgan fingerprint density at radius 3 is 1.39 bits per heavy atom. The second-order valence-electron chi connectivity index (χ2n) is 19.0. The third-order valence-corrected chi connectivity index (χ3v) is 14.7. The molecule has 14 rings (SSSR count). The van der Waals surface area contributed by atoms with Gasteiger partial charge in [0.1, 0.15) is 0 Å². The molecule has 4 heteroatoms. The first-order valence-electron chi connectivity index (χ1n) is 24.9. The van der Waals surface area contributed by atoms with Crippen molar-refractivity contribution in [2.75, 3.05) is 0 Å². The van der Waals surface area contributed by atoms with Crippen LogP contribution in [0.25, 0.3) is 149 Å². The molecule has 0 radical (unpaired) electrons. The fourth-order valence-electron chi connectivity index (χ4n) is 11.1. The van der Waals surface area contributed by atoms with Gasteiger partial charge in [0.15, 0.2) is 23.2 Å². The van der Waals surface area contributed by atoms with Crippen molar-refractivity contribution in [1.82, 2.24) is 15.0 Å². The van der Waals surface area contributed by atoms with E-state index in [1.54, 1.807) is 0 Å². The molecule has 0 aliphatic heterocycles. The van der Waals surface area contributed by atoms with Gasteiger partial charge in [-0.2, -0.15) is 0 Å². The second kappa shape index (κ2) is 17.6. The van der Waals surface area contributed by atoms with Crippen LogP contribution in [0.1, 0.15) is 0 Å². The van der Waals surface area contributed by atoms with Crippen molar-refractivity contribution in [2.24, 2.45) is 0 Å². The van der Waals surface area contributed by atoms with E-state index in [4.69, 9.17) is 21.5 Å². The molecule has 74 heavy (non-hydrogen) atoms. The number of rotatable bonds is 8. The number of aromatic nitrogens is 3. The number of nitrogens with zero attached hydrogens (tertiary/aromatic N) is 4. The Hall–Kier alpha value is -10.1. The minimum absolute atomic E-state index is 0.588. The predicted molar refractivity (Wildman–Crippen MR) is 307 cm³/mol. The SMILES string of the molecule is [C-]#[N+]c1ccc(-c2cccc(-c3cc4ccccc4c4ccccc34)c2)cc1-c1cccc(-c2cccc(-c3nc(-c4ccccc4)nc(-c4ccc(-c5ccc6c7c(cccc57)-c5ccccc5-6)cc4)n3)c2)c1. The monoisotopic (exact) mass is 938 g/mol. The standard InChI is InChI=1S/C70H42N4/c1-71-66-38-35-50(48-19-11-21-51(39-48)64-43-53-17-5-6-24-55(53)57-25-7-10-28-60(57)64)42-65(66)52-22-12-18-47(40-52)49-20-13-23-54(41-49)70-73-68(45-15-3-2-4-16-45)72-69(74-70)46-33-31-44(32-34-46)56-36-37-63-59-27-9-8-26-58(59)62-30-14-29-61(56)67(62)63/h2-43H. The Labute approximate surface area is 429 Å². The quantitative estimate of drug-likeness (QED) is 0.113. The number of hydrogen-bond acceptors (Lipinski definition) is 3. The summed E-state index contributed by atoms with van der Waals surface area (Å²) in [5, 5.41) is 7.50. The van der Waals surface area contributed by atoms with Crippen LogP contribution in [0.5, 0.6) is 0 Å². The molecule has 1 aliphatic carbocycles. The summed E-state index contributed by atoms with van der Waals surface area (Å²) >= 11 is 0. The van der Waals surface area contributed by atoms with Crippen LogP contribution in [-0.2, 0) is 0 Å². The molecular weight excluding hydrogens is 897 g/mol. The summed E-state index contributed by atoms with van der Waals surface area (Å²) < 4.78 is 0. The van der Waals surface area contributed by atoms with Crippen molar-refractivity contribution in [3.05, 3.63) is 266 Å². The summed E-state index contributed by atoms with van der Waals surface area (Å²) in [6.45, 7) is 8.22. The molecule has 342 valence electrons. The highest BCUT2D eigenvalue weighted by Gasteiger charge is 2.23. The zero-order valence-corrected chi connectivity index (χ0v) is 40.0. The van der Waals surface area contributed by atoms with Crippen LogP contribution >= 0.6 is 0 Å². The van der Waals surface area contributed by atoms with Crippen LogP contribution < -0.4 is 0 Å². The van der Waals surface area contributed by atoms with Crippen molar-refractivity contribution >= 4 is 38.0 Å². The lowest BCUT2D eigenvalue weighted by atomic mass is 9.91. The summed E-state index contributed by atoms with van der Waals surface area (Å²) in [6, 6.07) is 90.0. The maximum absolute atomic E-state index is 8.22. The van der Waals surface area contributed by atoms with Crippen molar-refractivity contribution in [1.29, 1.82) is 0 Å². The van der Waals surface area contributed by atoms with Crippen LogP contribution in [0.15, 0.2) is 255 Å². The van der Waals surface area contributed by atoms with E-state index in [0.29, 0.717) is 23.2 Å². The first kappa shape index (κ1) is 42.8. The van der Waals surface area contributed by atoms with Gasteiger partial charge in [0, 0.05) is 16.7 Å². The minimum Gasteiger partial charge on any atom is -0.238 e. The Balaban J connectivity index is 0.801. The van der Waals surface area contributed by atoms with E-state index in [1.165, 1.54) is 65.7 Å². The van der Waals surface area contributed by atoms with Crippen LogP contribution in [0.2, 0.25) is 0 Å². The minimum atomic E-state index is 0.588. The van der Waals surface area contributed by atoms with Crippen molar-refractivity contribution in [3.63, 3.8) is 0 Å². The average Bonchev–Trinajstić information content (AvgIpc) is 3.84. The third kappa shape index (κ3) is 7.34. The van der Waals surface area contributed by atoms with Crippen LogP contribution in [0, 0.1) is 6.57 Å². The summed E-state index contributed by atoms with van der Waals surface area (Å²) in [6.07, 6.45) is 0. The average molecular weight is 939 g/mol. The Morgan fingerprint density at radius 1 is 0.243 bits per heavy atom. The summed E-state index contributed by atoms with van der Waals surface area (Å²) in [7, 11) is 0. The van der Waals surface area contributed by atoms with Crippen LogP contribution in [-0.4, -0.2) is 15.0 Å². The molecule has 0 N–H and O–H groups in total. The maximum Gasteiger partial charge on any atom is 0.194 e. The molecule has 0 unspecified atom stereocenters. The highest BCUT2D eigenvalue weighted by molar-refractivity contribution is 6.19. The van der Waals surface area contributed by atoms with Gasteiger partial charge in [0.05, 0.1) is 6.57 Å². The third-order valence-electron chi connectivity index (χ3n) is 14.7. The largest absolute Gasteiger partial charge is 0.238 e. The van der Waals surface area contributed by atoms with Crippen LogP contribution in [0.4, 0.5) is 5.69 Å². The molecule has 4 nitrogen and oxygen atoms in total. The molecule has 12 aromatic carbocycles. The van der Waals surface area contributed by atoms with Crippen molar-refractivity contribution in [2.45, 2.75) is 0 Å². The van der Waals surface area contributed by atoms with E-state index < -0.39 is 0 Å². The Kier molecular flexibility index (Phi) is 10.2. The molecule has 1 aromatic heterocycles. The molecule has 0 saturated heterocycles. The van der Waals surface area contributed by atoms with E-state index in [0.717, 1.165) is 61.2 Å². The van der Waals surface area contributed by atoms with Gasteiger partial charge in [-0.05, 0) is 134 Å². The molecule has 1 heterocycles. The van der Waals surface area contributed by atoms with Gasteiger partial charge in [0.2, 0.25) is 0 Å². The summed E-state index contributed by atoms with van der Waals surface area (Å²) in [4.78, 5) is 19.3. The van der Waals surface area contributed by atoms with Gasteiger partial charge >= 0.3 is 0 Å². The van der Waals surface area contributed by atoms with E-state index in [1.807, 2.05) is 36.4 Å². The highest BCUT2D eigenvalue weighted by atomic mass is 15.0. The molecule has 0 saturated carbocycles. The van der Waals surface area contributed by atoms with E-state index in [-0.39, 0.29) is 0 Å². The fraction of sp³-hybridized carbons (Fsp3) is 0. The number of benzene rings is 12. The van der Waals surface area contributed by atoms with Crippen LogP contribution in [0.3, 0.4) is 0 Å². The predicted octanol–water partition coefficient (Wildman–Crippen LogP) is 18.9. The van der Waals surface area contributed by atoms with Gasteiger partial charge in [0.25, 0.3) is 0 Å². The second-order valence-corrected chi connectivity index (χ2v) is 19.0.